The molecule has 7 heterocycles. The fourth-order valence-electron chi connectivity index (χ4n) is 8.51. The zero-order chi connectivity index (χ0) is 30.3. The Morgan fingerprint density at radius 3 is 2.37 bits per heavy atom. The molecule has 4 aromatic heterocycles. The van der Waals surface area contributed by atoms with E-state index in [1.807, 2.05) is 0 Å². The van der Waals surface area contributed by atoms with Crippen LogP contribution in [0.5, 0.6) is 11.6 Å². The van der Waals surface area contributed by atoms with E-state index in [1.165, 1.54) is 44.1 Å². The van der Waals surface area contributed by atoms with E-state index in [2.05, 4.69) is 160 Å². The number of fused-ring (bicyclic) bond motifs is 6. The Balaban J connectivity index is 1.26. The first-order valence-corrected chi connectivity index (χ1v) is 15.7. The molecule has 0 amide bonds. The van der Waals surface area contributed by atoms with Crippen LogP contribution in [-0.2, 0) is 5.79 Å². The zero-order valence-electron chi connectivity index (χ0n) is 25.3. The van der Waals surface area contributed by atoms with E-state index in [1.54, 1.807) is 0 Å². The summed E-state index contributed by atoms with van der Waals surface area (Å²) >= 11 is 0. The van der Waals surface area contributed by atoms with Gasteiger partial charge in [-0.15, -0.1) is 9.25 Å². The minimum atomic E-state index is -0.834. The molecule has 3 aliphatic heterocycles. The summed E-state index contributed by atoms with van der Waals surface area (Å²) in [5.41, 5.74) is 13.6. The molecule has 8 aromatic rings. The summed E-state index contributed by atoms with van der Waals surface area (Å²) in [6, 6.07) is 43.3. The van der Waals surface area contributed by atoms with Crippen molar-refractivity contribution in [1.29, 1.82) is 0 Å². The van der Waals surface area contributed by atoms with Crippen molar-refractivity contribution < 1.29 is 13.9 Å². The predicted octanol–water partition coefficient (Wildman–Crippen LogP) is 7.66. The van der Waals surface area contributed by atoms with Crippen LogP contribution in [0.4, 0.5) is 0 Å². The summed E-state index contributed by atoms with van der Waals surface area (Å²) in [5, 5.41) is 8.00. The molecule has 46 heavy (non-hydrogen) atoms. The number of para-hydroxylation sites is 1. The number of aryl methyl sites for hydroxylation is 2. The molecule has 4 aromatic carbocycles. The van der Waals surface area contributed by atoms with Gasteiger partial charge in [0.2, 0.25) is 5.69 Å². The number of pyridine rings is 2. The Kier molecular flexibility index (Phi) is 4.32. The number of hydrogen-bond acceptors (Lipinski definition) is 2. The zero-order valence-corrected chi connectivity index (χ0v) is 25.3. The standard InChI is InChI=1S/C40H27N5O/c1-24-21-27(26-11-4-3-5-12-26)22-25(2)37(24)30-23-34-32-16-9-19-36-44(32)40(45(34)41-30)38-33(17-8-18-35(38)46-36)43-31-15-7-6-13-28(31)29-14-10-20-42(40)39(29)43/h3-23H,1-2H3/q+2. The molecule has 1 unspecified atom stereocenters. The number of hydrogen-bond donors (Lipinski definition) is 0. The van der Waals surface area contributed by atoms with Crippen molar-refractivity contribution in [2.45, 2.75) is 19.6 Å². The van der Waals surface area contributed by atoms with Crippen LogP contribution < -0.4 is 13.9 Å². The molecule has 6 nitrogen and oxygen atoms in total. The van der Waals surface area contributed by atoms with Crippen LogP contribution in [0.2, 0.25) is 0 Å². The van der Waals surface area contributed by atoms with E-state index in [-0.39, 0.29) is 0 Å². The van der Waals surface area contributed by atoms with Gasteiger partial charge in [-0.1, -0.05) is 65.2 Å². The molecule has 0 saturated heterocycles. The average Bonchev–Trinajstić information content (AvgIpc) is 3.74. The first-order valence-electron chi connectivity index (χ1n) is 15.7. The molecule has 0 aliphatic carbocycles. The van der Waals surface area contributed by atoms with Gasteiger partial charge in [0.25, 0.3) is 0 Å². The Morgan fingerprint density at radius 1 is 0.717 bits per heavy atom. The Hall–Kier alpha value is -6.01. The summed E-state index contributed by atoms with van der Waals surface area (Å²) in [4.78, 5) is 0. The highest BCUT2D eigenvalue weighted by molar-refractivity contribution is 6.07. The molecule has 216 valence electrons. The molecule has 0 N–H and O–H groups in total. The normalized spacial score (nSPS) is 16.3. The van der Waals surface area contributed by atoms with Crippen molar-refractivity contribution in [2.24, 2.45) is 0 Å². The Labute approximate surface area is 264 Å². The van der Waals surface area contributed by atoms with Crippen LogP contribution in [0.1, 0.15) is 16.7 Å². The number of rotatable bonds is 2. The van der Waals surface area contributed by atoms with Gasteiger partial charge in [-0.2, -0.15) is 9.67 Å². The van der Waals surface area contributed by atoms with Crippen molar-refractivity contribution >= 4 is 21.9 Å². The lowest BCUT2D eigenvalue weighted by molar-refractivity contribution is -0.974. The lowest BCUT2D eigenvalue weighted by atomic mass is 9.94. The van der Waals surface area contributed by atoms with Crippen molar-refractivity contribution in [2.75, 3.05) is 0 Å². The van der Waals surface area contributed by atoms with Gasteiger partial charge in [0, 0.05) is 17.0 Å². The highest BCUT2D eigenvalue weighted by atomic mass is 16.5. The van der Waals surface area contributed by atoms with Gasteiger partial charge in [-0.25, -0.2) is 0 Å². The maximum absolute atomic E-state index is 6.71. The van der Waals surface area contributed by atoms with Gasteiger partial charge in [-0.3, -0.25) is 0 Å². The highest BCUT2D eigenvalue weighted by Gasteiger charge is 2.69. The molecule has 1 atom stereocenters. The van der Waals surface area contributed by atoms with Crippen LogP contribution in [0, 0.1) is 13.8 Å². The second-order valence-corrected chi connectivity index (χ2v) is 12.6. The molecule has 1 spiro atoms. The van der Waals surface area contributed by atoms with Gasteiger partial charge < -0.3 is 4.74 Å². The van der Waals surface area contributed by atoms with Gasteiger partial charge >= 0.3 is 17.3 Å². The van der Waals surface area contributed by atoms with E-state index in [0.29, 0.717) is 0 Å². The van der Waals surface area contributed by atoms with E-state index >= 15 is 0 Å². The molecule has 0 radical (unpaired) electrons. The monoisotopic (exact) mass is 593 g/mol. The van der Waals surface area contributed by atoms with Gasteiger partial charge in [-0.05, 0) is 84.6 Å². The van der Waals surface area contributed by atoms with Crippen molar-refractivity contribution in [1.82, 2.24) is 14.3 Å². The van der Waals surface area contributed by atoms with Crippen LogP contribution in [0.15, 0.2) is 128 Å². The molecule has 11 rings (SSSR count). The maximum Gasteiger partial charge on any atom is 0.452 e. The third-order valence-electron chi connectivity index (χ3n) is 10.2. The Morgan fingerprint density at radius 2 is 1.50 bits per heavy atom. The summed E-state index contributed by atoms with van der Waals surface area (Å²) in [6.45, 7) is 4.41. The Bertz CT molecular complexity index is 2620. The minimum absolute atomic E-state index is 0.794. The topological polar surface area (TPSA) is 39.7 Å². The lowest BCUT2D eigenvalue weighted by Gasteiger charge is -2.32. The van der Waals surface area contributed by atoms with E-state index in [4.69, 9.17) is 9.84 Å². The molecule has 0 fully saturated rings. The smallest absolute Gasteiger partial charge is 0.404 e. The van der Waals surface area contributed by atoms with Crippen molar-refractivity contribution in [3.05, 3.63) is 144 Å². The maximum atomic E-state index is 6.71. The summed E-state index contributed by atoms with van der Waals surface area (Å²) < 4.78 is 16.1. The molecule has 3 aliphatic rings. The van der Waals surface area contributed by atoms with Crippen LogP contribution in [0.25, 0.3) is 61.4 Å². The molecule has 0 bridgehead atoms. The van der Waals surface area contributed by atoms with Crippen molar-refractivity contribution in [3.8, 4) is 51.1 Å². The highest BCUT2D eigenvalue weighted by Crippen LogP contribution is 2.50. The van der Waals surface area contributed by atoms with Crippen LogP contribution in [-0.4, -0.2) is 14.3 Å². The summed E-state index contributed by atoms with van der Waals surface area (Å²) in [7, 11) is 0. The molecule has 6 heteroatoms. The molecular weight excluding hydrogens is 566 g/mol. The van der Waals surface area contributed by atoms with E-state index in [9.17, 15) is 0 Å². The second-order valence-electron chi connectivity index (χ2n) is 12.6. The first-order chi connectivity index (χ1) is 22.6. The molecule has 0 saturated carbocycles. The van der Waals surface area contributed by atoms with Gasteiger partial charge in [0.15, 0.2) is 17.0 Å². The second kappa shape index (κ2) is 8.17. The number of aromatic nitrogens is 5. The number of nitrogens with zero attached hydrogens (tertiary/aromatic N) is 5. The van der Waals surface area contributed by atoms with Gasteiger partial charge in [0.05, 0.1) is 17.1 Å². The largest absolute Gasteiger partial charge is 0.452 e. The fraction of sp³-hybridized carbons (Fsp3) is 0.0750. The van der Waals surface area contributed by atoms with E-state index < -0.39 is 5.79 Å². The van der Waals surface area contributed by atoms with E-state index in [0.717, 1.165) is 45.6 Å². The summed E-state index contributed by atoms with van der Waals surface area (Å²) in [5.74, 6) is 0.800. The lowest BCUT2D eigenvalue weighted by Crippen LogP contribution is -2.78. The third kappa shape index (κ3) is 2.69. The molecular formula is C40H27N5O+2. The van der Waals surface area contributed by atoms with Crippen molar-refractivity contribution in [3.63, 3.8) is 0 Å². The minimum Gasteiger partial charge on any atom is -0.404 e. The third-order valence-corrected chi connectivity index (χ3v) is 10.2. The number of ether oxygens (including phenoxy) is 1. The number of benzene rings is 4. The van der Waals surface area contributed by atoms with Crippen LogP contribution in [0.3, 0.4) is 0 Å². The summed E-state index contributed by atoms with van der Waals surface area (Å²) in [6.07, 6.45) is 2.21. The predicted molar refractivity (Wildman–Crippen MR) is 177 cm³/mol. The fourth-order valence-corrected chi connectivity index (χ4v) is 8.51. The quantitative estimate of drug-likeness (QED) is 0.193. The van der Waals surface area contributed by atoms with Gasteiger partial charge in [0.1, 0.15) is 17.4 Å². The average molecular weight is 594 g/mol. The first kappa shape index (κ1) is 24.3. The SMILES string of the molecule is Cc1cc(-c2ccccc2)cc(C)c1-c1cc2n(n1)C13c4c(cccc4-n4c5ccccc5c5ccc[n+]1c54)Oc1cccc-2[n+]13. The van der Waals surface area contributed by atoms with Crippen LogP contribution >= 0.6 is 0 Å².